The number of hydrogen-bond donors (Lipinski definition) is 1. The Labute approximate surface area is 159 Å². The van der Waals surface area contributed by atoms with E-state index in [9.17, 15) is 4.79 Å². The van der Waals surface area contributed by atoms with Crippen molar-refractivity contribution in [3.8, 4) is 5.75 Å². The maximum absolute atomic E-state index is 12.2. The molecule has 3 rings (SSSR count). The number of aromatic nitrogens is 1. The standard InChI is InChI=1S/C19H19BrN2O2S/c1-11(2)14-9-13(20)5-7-16(14)24-10-18(23)22-19-21-15-6-4-12(3)8-17(15)25-19/h4-9,11H,10H2,1-3H3,(H,21,22,23). The molecule has 0 saturated carbocycles. The maximum atomic E-state index is 12.2. The van der Waals surface area contributed by atoms with E-state index in [0.717, 1.165) is 26.0 Å². The van der Waals surface area contributed by atoms with E-state index in [1.54, 1.807) is 0 Å². The molecule has 0 fully saturated rings. The number of amides is 1. The van der Waals surface area contributed by atoms with E-state index in [2.05, 4.69) is 46.1 Å². The molecule has 1 heterocycles. The number of thiazole rings is 1. The molecule has 1 N–H and O–H groups in total. The summed E-state index contributed by atoms with van der Waals surface area (Å²) in [6.45, 7) is 6.18. The van der Waals surface area contributed by atoms with Crippen LogP contribution in [-0.2, 0) is 4.79 Å². The Bertz CT molecular complexity index is 921. The fourth-order valence-corrected chi connectivity index (χ4v) is 3.84. The van der Waals surface area contributed by atoms with Gasteiger partial charge < -0.3 is 4.74 Å². The Balaban J connectivity index is 1.66. The van der Waals surface area contributed by atoms with Crippen LogP contribution in [0, 0.1) is 6.92 Å². The Kier molecular flexibility index (Phi) is 5.39. The number of carbonyl (C=O) groups is 1. The predicted octanol–water partition coefficient (Wildman–Crippen LogP) is 5.51. The van der Waals surface area contributed by atoms with Gasteiger partial charge in [0.25, 0.3) is 5.91 Å². The van der Waals surface area contributed by atoms with Crippen LogP contribution in [-0.4, -0.2) is 17.5 Å². The summed E-state index contributed by atoms with van der Waals surface area (Å²) in [6, 6.07) is 11.9. The van der Waals surface area contributed by atoms with Crippen LogP contribution >= 0.6 is 27.3 Å². The average molecular weight is 419 g/mol. The third-order valence-electron chi connectivity index (χ3n) is 3.74. The van der Waals surface area contributed by atoms with Crippen molar-refractivity contribution in [3.63, 3.8) is 0 Å². The lowest BCUT2D eigenvalue weighted by Gasteiger charge is -2.14. The van der Waals surface area contributed by atoms with Crippen LogP contribution in [0.2, 0.25) is 0 Å². The Morgan fingerprint density at radius 1 is 1.28 bits per heavy atom. The minimum absolute atomic E-state index is 0.0453. The maximum Gasteiger partial charge on any atom is 0.264 e. The van der Waals surface area contributed by atoms with E-state index >= 15 is 0 Å². The number of nitrogens with one attached hydrogen (secondary N) is 1. The largest absolute Gasteiger partial charge is 0.483 e. The first-order chi connectivity index (χ1) is 11.9. The summed E-state index contributed by atoms with van der Waals surface area (Å²) in [7, 11) is 0. The molecular weight excluding hydrogens is 400 g/mol. The normalized spacial score (nSPS) is 11.1. The number of nitrogens with zero attached hydrogens (tertiary/aromatic N) is 1. The van der Waals surface area contributed by atoms with Crippen LogP contribution in [0.5, 0.6) is 5.75 Å². The second-order valence-electron chi connectivity index (χ2n) is 6.16. The molecule has 4 nitrogen and oxygen atoms in total. The Morgan fingerprint density at radius 3 is 2.84 bits per heavy atom. The molecule has 0 aliphatic heterocycles. The number of anilines is 1. The molecule has 1 aromatic heterocycles. The molecule has 0 bridgehead atoms. The molecular formula is C19H19BrN2O2S. The summed E-state index contributed by atoms with van der Waals surface area (Å²) in [6.07, 6.45) is 0. The lowest BCUT2D eigenvalue weighted by atomic mass is 10.0. The number of aryl methyl sites for hydroxylation is 1. The lowest BCUT2D eigenvalue weighted by molar-refractivity contribution is -0.118. The molecule has 1 amide bonds. The smallest absolute Gasteiger partial charge is 0.264 e. The number of halogens is 1. The van der Waals surface area contributed by atoms with Crippen molar-refractivity contribution in [1.29, 1.82) is 0 Å². The highest BCUT2D eigenvalue weighted by Crippen LogP contribution is 2.30. The quantitative estimate of drug-likeness (QED) is 0.594. The zero-order chi connectivity index (χ0) is 18.0. The van der Waals surface area contributed by atoms with Crippen LogP contribution in [0.4, 0.5) is 5.13 Å². The third kappa shape index (κ3) is 4.38. The van der Waals surface area contributed by atoms with Crippen LogP contribution in [0.3, 0.4) is 0 Å². The van der Waals surface area contributed by atoms with Gasteiger partial charge in [-0.05, 0) is 54.3 Å². The van der Waals surface area contributed by atoms with Crippen LogP contribution in [0.25, 0.3) is 10.2 Å². The molecule has 0 aliphatic carbocycles. The molecule has 25 heavy (non-hydrogen) atoms. The fraction of sp³-hybridized carbons (Fsp3) is 0.263. The highest BCUT2D eigenvalue weighted by atomic mass is 79.9. The molecule has 0 spiro atoms. The summed E-state index contributed by atoms with van der Waals surface area (Å²) in [5.74, 6) is 0.824. The number of hydrogen-bond acceptors (Lipinski definition) is 4. The predicted molar refractivity (Wildman–Crippen MR) is 107 cm³/mol. The van der Waals surface area contributed by atoms with Crippen molar-refractivity contribution < 1.29 is 9.53 Å². The first-order valence-corrected chi connectivity index (χ1v) is 9.62. The molecule has 2 aromatic carbocycles. The highest BCUT2D eigenvalue weighted by Gasteiger charge is 2.12. The van der Waals surface area contributed by atoms with Crippen molar-refractivity contribution in [2.75, 3.05) is 11.9 Å². The molecule has 0 aliphatic rings. The third-order valence-corrected chi connectivity index (χ3v) is 5.17. The minimum Gasteiger partial charge on any atom is -0.483 e. The fourth-order valence-electron chi connectivity index (χ4n) is 2.49. The van der Waals surface area contributed by atoms with Crippen LogP contribution < -0.4 is 10.1 Å². The summed E-state index contributed by atoms with van der Waals surface area (Å²) < 4.78 is 7.78. The van der Waals surface area contributed by atoms with E-state index < -0.39 is 0 Å². The first-order valence-electron chi connectivity index (χ1n) is 8.01. The molecule has 0 radical (unpaired) electrons. The number of rotatable bonds is 5. The SMILES string of the molecule is Cc1ccc2nc(NC(=O)COc3ccc(Br)cc3C(C)C)sc2c1. The molecule has 0 saturated heterocycles. The molecule has 6 heteroatoms. The number of carbonyl (C=O) groups excluding carboxylic acids is 1. The van der Waals surface area contributed by atoms with Gasteiger partial charge >= 0.3 is 0 Å². The topological polar surface area (TPSA) is 51.2 Å². The van der Waals surface area contributed by atoms with Gasteiger partial charge in [-0.3, -0.25) is 10.1 Å². The first kappa shape index (κ1) is 17.9. The zero-order valence-electron chi connectivity index (χ0n) is 14.3. The van der Waals surface area contributed by atoms with Crippen molar-refractivity contribution in [1.82, 2.24) is 4.98 Å². The highest BCUT2D eigenvalue weighted by molar-refractivity contribution is 9.10. The van der Waals surface area contributed by atoms with Crippen molar-refractivity contribution in [2.45, 2.75) is 26.7 Å². The Morgan fingerprint density at radius 2 is 2.08 bits per heavy atom. The van der Waals surface area contributed by atoms with Gasteiger partial charge in [-0.2, -0.15) is 0 Å². The van der Waals surface area contributed by atoms with Crippen molar-refractivity contribution in [3.05, 3.63) is 52.0 Å². The van der Waals surface area contributed by atoms with Gasteiger partial charge in [0.2, 0.25) is 0 Å². The van der Waals surface area contributed by atoms with Gasteiger partial charge in [0.15, 0.2) is 11.7 Å². The second kappa shape index (κ2) is 7.54. The summed E-state index contributed by atoms with van der Waals surface area (Å²) in [4.78, 5) is 16.6. The van der Waals surface area contributed by atoms with Gasteiger partial charge in [0, 0.05) is 4.47 Å². The zero-order valence-corrected chi connectivity index (χ0v) is 16.7. The van der Waals surface area contributed by atoms with Gasteiger partial charge in [0.05, 0.1) is 10.2 Å². The Hall–Kier alpha value is -1.92. The number of benzene rings is 2. The van der Waals surface area contributed by atoms with Gasteiger partial charge in [0.1, 0.15) is 5.75 Å². The van der Waals surface area contributed by atoms with E-state index in [1.807, 2.05) is 37.3 Å². The van der Waals surface area contributed by atoms with Gasteiger partial charge in [-0.25, -0.2) is 4.98 Å². The second-order valence-corrected chi connectivity index (χ2v) is 8.11. The molecule has 0 unspecified atom stereocenters. The lowest BCUT2D eigenvalue weighted by Crippen LogP contribution is -2.20. The van der Waals surface area contributed by atoms with E-state index in [-0.39, 0.29) is 12.5 Å². The number of ether oxygens (including phenoxy) is 1. The van der Waals surface area contributed by atoms with E-state index in [1.165, 1.54) is 16.9 Å². The van der Waals surface area contributed by atoms with Crippen molar-refractivity contribution in [2.24, 2.45) is 0 Å². The number of fused-ring (bicyclic) bond motifs is 1. The van der Waals surface area contributed by atoms with Crippen LogP contribution in [0.1, 0.15) is 30.9 Å². The molecule has 3 aromatic rings. The van der Waals surface area contributed by atoms with E-state index in [0.29, 0.717) is 11.0 Å². The summed E-state index contributed by atoms with van der Waals surface area (Å²) in [5, 5.41) is 3.41. The van der Waals surface area contributed by atoms with Crippen molar-refractivity contribution >= 4 is 48.5 Å². The minimum atomic E-state index is -0.214. The summed E-state index contributed by atoms with van der Waals surface area (Å²) in [5.41, 5.74) is 3.13. The molecule has 130 valence electrons. The monoisotopic (exact) mass is 418 g/mol. The summed E-state index contributed by atoms with van der Waals surface area (Å²) >= 11 is 4.94. The molecule has 0 atom stereocenters. The average Bonchev–Trinajstić information content (AvgIpc) is 2.94. The van der Waals surface area contributed by atoms with Gasteiger partial charge in [-0.1, -0.05) is 47.2 Å². The van der Waals surface area contributed by atoms with Crippen LogP contribution in [0.15, 0.2) is 40.9 Å². The van der Waals surface area contributed by atoms with Gasteiger partial charge in [-0.15, -0.1) is 0 Å². The van der Waals surface area contributed by atoms with E-state index in [4.69, 9.17) is 4.74 Å².